The molecule has 1 saturated carbocycles. The molecule has 0 bridgehead atoms. The third kappa shape index (κ3) is 4.22. The van der Waals surface area contributed by atoms with Gasteiger partial charge in [0.25, 0.3) is 5.91 Å². The van der Waals surface area contributed by atoms with Crippen molar-refractivity contribution >= 4 is 28.4 Å². The zero-order chi connectivity index (χ0) is 21.1. The van der Waals surface area contributed by atoms with E-state index in [0.717, 1.165) is 37.1 Å². The van der Waals surface area contributed by atoms with Gasteiger partial charge in [0, 0.05) is 23.2 Å². The number of nitriles is 1. The molecule has 0 atom stereocenters. The molecule has 3 aromatic rings. The molecule has 30 heavy (non-hydrogen) atoms. The lowest BCUT2D eigenvalue weighted by atomic mass is 9.92. The minimum atomic E-state index is -0.606. The Labute approximate surface area is 178 Å². The summed E-state index contributed by atoms with van der Waals surface area (Å²) < 4.78 is 19.8. The van der Waals surface area contributed by atoms with Crippen molar-refractivity contribution in [2.45, 2.75) is 37.8 Å². The van der Waals surface area contributed by atoms with Crippen LogP contribution < -0.4 is 10.1 Å². The summed E-state index contributed by atoms with van der Waals surface area (Å²) in [5.74, 6) is -0.203. The third-order valence-electron chi connectivity index (χ3n) is 5.34. The fraction of sp³-hybridized carbons (Fsp3) is 0.261. The zero-order valence-corrected chi connectivity index (χ0v) is 16.8. The highest BCUT2D eigenvalue weighted by Gasteiger charge is 2.25. The van der Waals surface area contributed by atoms with E-state index in [1.807, 2.05) is 18.2 Å². The van der Waals surface area contributed by atoms with Gasteiger partial charge in [0.15, 0.2) is 0 Å². The first-order chi connectivity index (χ1) is 14.5. The van der Waals surface area contributed by atoms with Gasteiger partial charge in [-0.2, -0.15) is 5.26 Å². The number of ether oxygens (including phenoxy) is 1. The monoisotopic (exact) mass is 423 g/mol. The number of pyridine rings is 1. The summed E-state index contributed by atoms with van der Waals surface area (Å²) >= 11 is 5.67. The highest BCUT2D eigenvalue weighted by Crippen LogP contribution is 2.30. The lowest BCUT2D eigenvalue weighted by Gasteiger charge is -2.29. The van der Waals surface area contributed by atoms with Crippen molar-refractivity contribution in [1.29, 1.82) is 5.26 Å². The summed E-state index contributed by atoms with van der Waals surface area (Å²) in [6, 6.07) is 13.5. The van der Waals surface area contributed by atoms with Gasteiger partial charge in [-0.05, 0) is 62.1 Å². The van der Waals surface area contributed by atoms with Crippen LogP contribution in [0.1, 0.15) is 41.6 Å². The second-order valence-corrected chi connectivity index (χ2v) is 7.72. The van der Waals surface area contributed by atoms with E-state index in [9.17, 15) is 14.4 Å². The standard InChI is InChI=1S/C23H19ClFN3O2/c24-19-9-4-14(12-20(19)25)23(29)28-16-5-7-17(8-6-16)30-21-10-11-27-22-15(13-26)2-1-3-18(21)22/h1-4,9-12,16-17H,5-8H2,(H,28,29). The van der Waals surface area contributed by atoms with Crippen molar-refractivity contribution in [2.75, 3.05) is 0 Å². The maximum atomic E-state index is 13.6. The van der Waals surface area contributed by atoms with Crippen LogP contribution in [0.5, 0.6) is 5.75 Å². The van der Waals surface area contributed by atoms with Gasteiger partial charge in [0.2, 0.25) is 0 Å². The van der Waals surface area contributed by atoms with Crippen LogP contribution in [0.3, 0.4) is 0 Å². The van der Waals surface area contributed by atoms with E-state index < -0.39 is 5.82 Å². The molecule has 5 nitrogen and oxygen atoms in total. The molecule has 0 saturated heterocycles. The number of hydrogen-bond donors (Lipinski definition) is 1. The number of aromatic nitrogens is 1. The van der Waals surface area contributed by atoms with Crippen LogP contribution in [-0.4, -0.2) is 23.0 Å². The second-order valence-electron chi connectivity index (χ2n) is 7.32. The summed E-state index contributed by atoms with van der Waals surface area (Å²) in [4.78, 5) is 16.7. The molecule has 152 valence electrons. The highest BCUT2D eigenvalue weighted by atomic mass is 35.5. The number of benzene rings is 2. The number of nitrogens with zero attached hydrogens (tertiary/aromatic N) is 2. The van der Waals surface area contributed by atoms with E-state index in [1.165, 1.54) is 12.1 Å². The molecule has 2 aromatic carbocycles. The molecule has 0 unspecified atom stereocenters. The van der Waals surface area contributed by atoms with Crippen LogP contribution in [0.2, 0.25) is 5.02 Å². The van der Waals surface area contributed by atoms with Gasteiger partial charge in [-0.25, -0.2) is 4.39 Å². The molecule has 0 aliphatic heterocycles. The number of hydrogen-bond acceptors (Lipinski definition) is 4. The first kappa shape index (κ1) is 20.1. The van der Waals surface area contributed by atoms with Gasteiger partial charge in [-0.15, -0.1) is 0 Å². The molecule has 1 amide bonds. The molecule has 1 N–H and O–H groups in total. The maximum absolute atomic E-state index is 13.6. The number of nitrogens with one attached hydrogen (secondary N) is 1. The largest absolute Gasteiger partial charge is 0.490 e. The zero-order valence-electron chi connectivity index (χ0n) is 16.1. The molecule has 1 fully saturated rings. The van der Waals surface area contributed by atoms with E-state index in [0.29, 0.717) is 16.8 Å². The van der Waals surface area contributed by atoms with Crippen molar-refractivity contribution in [3.63, 3.8) is 0 Å². The molecular formula is C23H19ClFN3O2. The smallest absolute Gasteiger partial charge is 0.251 e. The Bertz CT molecular complexity index is 1140. The van der Waals surface area contributed by atoms with E-state index in [2.05, 4.69) is 16.4 Å². The number of fused-ring (bicyclic) bond motifs is 1. The van der Waals surface area contributed by atoms with E-state index in [-0.39, 0.29) is 28.6 Å². The number of carbonyl (C=O) groups is 1. The molecule has 7 heteroatoms. The molecule has 1 aliphatic carbocycles. The minimum Gasteiger partial charge on any atom is -0.490 e. The number of rotatable bonds is 4. The van der Waals surface area contributed by atoms with Crippen molar-refractivity contribution < 1.29 is 13.9 Å². The SMILES string of the molecule is N#Cc1cccc2c(OC3CCC(NC(=O)c4ccc(Cl)c(F)c4)CC3)ccnc12. The maximum Gasteiger partial charge on any atom is 0.251 e. The molecule has 1 heterocycles. The summed E-state index contributed by atoms with van der Waals surface area (Å²) in [5.41, 5.74) is 1.41. The summed E-state index contributed by atoms with van der Waals surface area (Å²) in [6.07, 6.45) is 4.75. The Morgan fingerprint density at radius 1 is 1.20 bits per heavy atom. The minimum absolute atomic E-state index is 0.00488. The van der Waals surface area contributed by atoms with Gasteiger partial charge in [0.05, 0.1) is 22.2 Å². The van der Waals surface area contributed by atoms with Gasteiger partial charge in [0.1, 0.15) is 17.6 Å². The molecule has 0 radical (unpaired) electrons. The third-order valence-corrected chi connectivity index (χ3v) is 5.64. The van der Waals surface area contributed by atoms with Crippen molar-refractivity contribution in [1.82, 2.24) is 10.3 Å². The Morgan fingerprint density at radius 3 is 2.73 bits per heavy atom. The number of carbonyl (C=O) groups excluding carboxylic acids is 1. The topological polar surface area (TPSA) is 75.0 Å². The van der Waals surface area contributed by atoms with E-state index >= 15 is 0 Å². The fourth-order valence-corrected chi connectivity index (χ4v) is 3.87. The lowest BCUT2D eigenvalue weighted by molar-refractivity contribution is 0.0894. The summed E-state index contributed by atoms with van der Waals surface area (Å²) in [5, 5.41) is 13.0. The average molecular weight is 424 g/mol. The Hall–Kier alpha value is -3.17. The van der Waals surface area contributed by atoms with Crippen LogP contribution >= 0.6 is 11.6 Å². The number of amides is 1. The van der Waals surface area contributed by atoms with Gasteiger partial charge < -0.3 is 10.1 Å². The van der Waals surface area contributed by atoms with E-state index in [1.54, 1.807) is 12.3 Å². The average Bonchev–Trinajstić information content (AvgIpc) is 2.76. The van der Waals surface area contributed by atoms with Crippen LogP contribution in [-0.2, 0) is 0 Å². The predicted octanol–water partition coefficient (Wildman–Crippen LogP) is 5.02. The Morgan fingerprint density at radius 2 is 2.00 bits per heavy atom. The van der Waals surface area contributed by atoms with Gasteiger partial charge >= 0.3 is 0 Å². The van der Waals surface area contributed by atoms with Crippen molar-refractivity contribution in [2.24, 2.45) is 0 Å². The highest BCUT2D eigenvalue weighted by molar-refractivity contribution is 6.30. The van der Waals surface area contributed by atoms with Crippen molar-refractivity contribution in [3.8, 4) is 11.8 Å². The quantitative estimate of drug-likeness (QED) is 0.639. The second kappa shape index (κ2) is 8.68. The Kier molecular flexibility index (Phi) is 5.82. The number of para-hydroxylation sites is 1. The lowest BCUT2D eigenvalue weighted by Crippen LogP contribution is -2.39. The normalized spacial score (nSPS) is 18.6. The molecular weight excluding hydrogens is 405 g/mol. The van der Waals surface area contributed by atoms with Crippen LogP contribution in [0.4, 0.5) is 4.39 Å². The first-order valence-corrected chi connectivity index (χ1v) is 10.1. The van der Waals surface area contributed by atoms with Crippen LogP contribution in [0, 0.1) is 17.1 Å². The van der Waals surface area contributed by atoms with Gasteiger partial charge in [-0.1, -0.05) is 17.7 Å². The summed E-state index contributed by atoms with van der Waals surface area (Å²) in [7, 11) is 0. The fourth-order valence-electron chi connectivity index (χ4n) is 3.75. The number of halogens is 2. The van der Waals surface area contributed by atoms with Crippen LogP contribution in [0.25, 0.3) is 10.9 Å². The predicted molar refractivity (Wildman–Crippen MR) is 112 cm³/mol. The summed E-state index contributed by atoms with van der Waals surface area (Å²) in [6.45, 7) is 0. The van der Waals surface area contributed by atoms with Gasteiger partial charge in [-0.3, -0.25) is 9.78 Å². The molecule has 1 aliphatic rings. The first-order valence-electron chi connectivity index (χ1n) is 9.75. The molecule has 4 rings (SSSR count). The molecule has 0 spiro atoms. The van der Waals surface area contributed by atoms with Crippen molar-refractivity contribution in [3.05, 3.63) is 70.6 Å². The van der Waals surface area contributed by atoms with E-state index in [4.69, 9.17) is 16.3 Å². The Balaban J connectivity index is 1.37. The van der Waals surface area contributed by atoms with Crippen LogP contribution in [0.15, 0.2) is 48.7 Å². The molecule has 1 aromatic heterocycles.